The van der Waals surface area contributed by atoms with Crippen LogP contribution in [0.5, 0.6) is 0 Å². The fraction of sp³-hybridized carbons (Fsp3) is 0.143. The molecule has 0 aliphatic carbocycles. The second kappa shape index (κ2) is 9.15. The van der Waals surface area contributed by atoms with Crippen molar-refractivity contribution in [3.8, 4) is 0 Å². The SMILES string of the molecule is C[CH](C)[Sn]([CH3])([c]1ccccc1)[Ge]([c]1ccccc1)([c]1ccccc1)[c]1ccccc1. The van der Waals surface area contributed by atoms with Crippen LogP contribution in [0.2, 0.25) is 8.87 Å². The van der Waals surface area contributed by atoms with Crippen LogP contribution in [0.25, 0.3) is 0 Å². The van der Waals surface area contributed by atoms with Crippen LogP contribution < -0.4 is 16.8 Å². The molecule has 0 aromatic heterocycles. The van der Waals surface area contributed by atoms with Crippen LogP contribution in [-0.2, 0) is 0 Å². The summed E-state index contributed by atoms with van der Waals surface area (Å²) in [5, 5.41) is 0. The third-order valence-corrected chi connectivity index (χ3v) is 76.8. The molecule has 4 aromatic carbocycles. The van der Waals surface area contributed by atoms with Gasteiger partial charge in [-0.25, -0.2) is 0 Å². The van der Waals surface area contributed by atoms with Gasteiger partial charge in [-0.2, -0.15) is 0 Å². The molecule has 0 aliphatic heterocycles. The van der Waals surface area contributed by atoms with Crippen LogP contribution in [0.4, 0.5) is 0 Å². The van der Waals surface area contributed by atoms with E-state index in [2.05, 4.69) is 140 Å². The standard InChI is InChI=1S/C18H15Ge.C6H5.C3H7.CH3.Sn/c1-4-10-16(11-5-1)19(17-12-6-2-7-13-17)18-14-8-3-9-15-18;1-2-4-6-5-3-1;1-3-2;;/h1-15H;1-5H;3H,1-2H3;1H3;. The predicted octanol–water partition coefficient (Wildman–Crippen LogP) is 4.63. The second-order valence-electron chi connectivity index (χ2n) is 8.57. The summed E-state index contributed by atoms with van der Waals surface area (Å²) in [4.78, 5) is 2.74. The van der Waals surface area contributed by atoms with Gasteiger partial charge in [0.25, 0.3) is 0 Å². The first kappa shape index (κ1) is 21.5. The summed E-state index contributed by atoms with van der Waals surface area (Å²) < 4.78 is 7.14. The number of hydrogen-bond acceptors (Lipinski definition) is 0. The third-order valence-electron chi connectivity index (χ3n) is 6.93. The van der Waals surface area contributed by atoms with E-state index in [1.165, 1.54) is 0 Å². The first-order chi connectivity index (χ1) is 14.6. The van der Waals surface area contributed by atoms with E-state index in [1.807, 2.05) is 0 Å². The molecule has 1 unspecified atom stereocenters. The Morgan fingerprint density at radius 1 is 0.500 bits per heavy atom. The van der Waals surface area contributed by atoms with E-state index >= 15 is 0 Å². The van der Waals surface area contributed by atoms with Gasteiger partial charge < -0.3 is 0 Å². The summed E-state index contributed by atoms with van der Waals surface area (Å²) in [6.07, 6.45) is 0. The van der Waals surface area contributed by atoms with Crippen molar-refractivity contribution in [1.82, 2.24) is 0 Å². The fourth-order valence-corrected chi connectivity index (χ4v) is 78.3. The maximum absolute atomic E-state index is 3.05. The van der Waals surface area contributed by atoms with Gasteiger partial charge in [-0.15, -0.1) is 0 Å². The molecule has 4 rings (SSSR count). The Morgan fingerprint density at radius 3 is 1.10 bits per heavy atom. The quantitative estimate of drug-likeness (QED) is 0.303. The van der Waals surface area contributed by atoms with E-state index in [4.69, 9.17) is 0 Å². The average Bonchev–Trinajstić information content (AvgIpc) is 2.82. The molecule has 2 heteroatoms. The van der Waals surface area contributed by atoms with Crippen LogP contribution in [-0.4, -0.2) is 26.0 Å². The molecule has 1 atom stereocenters. The maximum atomic E-state index is 2.74. The van der Waals surface area contributed by atoms with E-state index in [0.29, 0.717) is 3.93 Å². The van der Waals surface area contributed by atoms with Gasteiger partial charge in [0.1, 0.15) is 0 Å². The van der Waals surface area contributed by atoms with E-state index in [-0.39, 0.29) is 0 Å². The van der Waals surface area contributed by atoms with Crippen molar-refractivity contribution in [2.24, 2.45) is 0 Å². The van der Waals surface area contributed by atoms with Gasteiger partial charge in [0.2, 0.25) is 0 Å². The Kier molecular flexibility index (Phi) is 6.55. The van der Waals surface area contributed by atoms with Crippen molar-refractivity contribution in [1.29, 1.82) is 0 Å². The summed E-state index contributed by atoms with van der Waals surface area (Å²) in [7, 11) is -3.02. The van der Waals surface area contributed by atoms with E-state index in [1.54, 1.807) is 16.8 Å². The first-order valence-corrected chi connectivity index (χ1v) is 28.4. The minimum absolute atomic E-state index is 0.683. The molecule has 0 N–H and O–H groups in total. The summed E-state index contributed by atoms with van der Waals surface area (Å²) >= 11 is -3.05. The Balaban J connectivity index is 2.20. The van der Waals surface area contributed by atoms with Crippen molar-refractivity contribution in [2.75, 3.05) is 0 Å². The zero-order valence-corrected chi connectivity index (χ0v) is 23.1. The molecule has 0 saturated heterocycles. The Hall–Kier alpha value is -1.78. The molecule has 0 fully saturated rings. The van der Waals surface area contributed by atoms with Gasteiger partial charge in [0.15, 0.2) is 0 Å². The summed E-state index contributed by atoms with van der Waals surface area (Å²) in [5.74, 6) is 0. The fourth-order valence-electron chi connectivity index (χ4n) is 5.23. The average molecular weight is 558 g/mol. The van der Waals surface area contributed by atoms with Crippen molar-refractivity contribution >= 4 is 42.7 Å². The number of hydrogen-bond donors (Lipinski definition) is 0. The molecule has 30 heavy (non-hydrogen) atoms. The van der Waals surface area contributed by atoms with Crippen LogP contribution >= 0.6 is 0 Å². The number of benzene rings is 4. The van der Waals surface area contributed by atoms with E-state index in [9.17, 15) is 0 Å². The normalized spacial score (nSPS) is 13.7. The Bertz CT molecular complexity index is 966. The molecule has 0 amide bonds. The minimum atomic E-state index is -3.05. The van der Waals surface area contributed by atoms with Gasteiger partial charge in [-0.05, 0) is 0 Å². The van der Waals surface area contributed by atoms with E-state index < -0.39 is 26.0 Å². The summed E-state index contributed by atoms with van der Waals surface area (Å²) in [6.45, 7) is 5.00. The van der Waals surface area contributed by atoms with Crippen molar-refractivity contribution in [2.45, 2.75) is 22.7 Å². The molecule has 0 bridgehead atoms. The zero-order valence-electron chi connectivity index (χ0n) is 18.1. The molecule has 0 aliphatic rings. The van der Waals surface area contributed by atoms with Crippen molar-refractivity contribution < 1.29 is 0 Å². The molecular weight excluding hydrogens is 528 g/mol. The van der Waals surface area contributed by atoms with Gasteiger partial charge in [-0.1, -0.05) is 0 Å². The monoisotopic (exact) mass is 560 g/mol. The van der Waals surface area contributed by atoms with Gasteiger partial charge >= 0.3 is 187 Å². The molecule has 0 radical (unpaired) electrons. The van der Waals surface area contributed by atoms with Crippen molar-refractivity contribution in [3.05, 3.63) is 121 Å². The van der Waals surface area contributed by atoms with Crippen LogP contribution in [0, 0.1) is 0 Å². The van der Waals surface area contributed by atoms with Crippen LogP contribution in [0.15, 0.2) is 121 Å². The molecule has 4 aromatic rings. The number of rotatable bonds is 6. The molecule has 0 nitrogen and oxygen atoms in total. The van der Waals surface area contributed by atoms with Crippen molar-refractivity contribution in [3.63, 3.8) is 0 Å². The first-order valence-electron chi connectivity index (χ1n) is 10.8. The van der Waals surface area contributed by atoms with Gasteiger partial charge in [0.05, 0.1) is 0 Å². The Morgan fingerprint density at radius 2 is 0.800 bits per heavy atom. The molecule has 0 spiro atoms. The topological polar surface area (TPSA) is 0 Å². The summed E-state index contributed by atoms with van der Waals surface area (Å²) in [6, 6.07) is 46.1. The van der Waals surface area contributed by atoms with Crippen LogP contribution in [0.3, 0.4) is 0 Å². The van der Waals surface area contributed by atoms with Gasteiger partial charge in [0, 0.05) is 0 Å². The molecule has 150 valence electrons. The van der Waals surface area contributed by atoms with E-state index in [0.717, 1.165) is 0 Å². The Labute approximate surface area is 185 Å². The van der Waals surface area contributed by atoms with Crippen LogP contribution in [0.1, 0.15) is 13.8 Å². The summed E-state index contributed by atoms with van der Waals surface area (Å²) in [5.41, 5.74) is 0. The predicted molar refractivity (Wildman–Crippen MR) is 137 cm³/mol. The second-order valence-corrected chi connectivity index (χ2v) is 52.9. The third kappa shape index (κ3) is 3.48. The molecular formula is C28H30GeSn. The molecule has 0 heterocycles. The van der Waals surface area contributed by atoms with Gasteiger partial charge in [-0.3, -0.25) is 0 Å². The molecule has 0 saturated carbocycles. The zero-order chi connectivity index (χ0) is 21.0.